The van der Waals surface area contributed by atoms with Crippen molar-refractivity contribution in [2.75, 3.05) is 0 Å². The maximum atomic E-state index is 5.88. The quantitative estimate of drug-likeness (QED) is 0.750. The molecule has 1 unspecified atom stereocenters. The van der Waals surface area contributed by atoms with Crippen LogP contribution in [-0.4, -0.2) is 15.2 Å². The fraction of sp³-hybridized carbons (Fsp3) is 0.444. The Morgan fingerprint density at radius 2 is 1.95 bits per heavy atom. The van der Waals surface area contributed by atoms with Gasteiger partial charge in [-0.05, 0) is 23.8 Å². The van der Waals surface area contributed by atoms with Crippen molar-refractivity contribution in [1.82, 2.24) is 15.2 Å². The van der Waals surface area contributed by atoms with Gasteiger partial charge in [-0.15, -0.1) is 10.2 Å². The fourth-order valence-corrected chi connectivity index (χ4v) is 3.11. The molecule has 0 fully saturated rings. The molecule has 1 N–H and O–H groups in total. The van der Waals surface area contributed by atoms with Crippen LogP contribution in [0, 0.1) is 11.3 Å². The van der Waals surface area contributed by atoms with Crippen LogP contribution >= 0.6 is 0 Å². The molecule has 0 radical (unpaired) electrons. The molecule has 0 saturated heterocycles. The van der Waals surface area contributed by atoms with Gasteiger partial charge < -0.3 is 9.40 Å². The van der Waals surface area contributed by atoms with Crippen LogP contribution in [0.1, 0.15) is 40.0 Å². The third kappa shape index (κ3) is 3.21. The van der Waals surface area contributed by atoms with E-state index < -0.39 is 0 Å². The van der Waals surface area contributed by atoms with Gasteiger partial charge in [0.2, 0.25) is 11.8 Å². The van der Waals surface area contributed by atoms with Crippen LogP contribution in [0.15, 0.2) is 34.9 Å². The topological polar surface area (TPSA) is 54.7 Å². The molecular weight excluding hydrogens is 274 g/mol. The largest absolute Gasteiger partial charge is 0.421 e. The van der Waals surface area contributed by atoms with Crippen molar-refractivity contribution in [3.05, 3.63) is 36.4 Å². The summed E-state index contributed by atoms with van der Waals surface area (Å²) in [6, 6.07) is 8.13. The smallest absolute Gasteiger partial charge is 0.249 e. The summed E-state index contributed by atoms with van der Waals surface area (Å²) in [6.07, 6.45) is 3.89. The lowest BCUT2D eigenvalue weighted by atomic mass is 9.84. The number of fused-ring (bicyclic) bond motifs is 1. The van der Waals surface area contributed by atoms with Crippen molar-refractivity contribution in [1.29, 1.82) is 0 Å². The third-order valence-corrected chi connectivity index (χ3v) is 3.77. The number of rotatable bonds is 4. The van der Waals surface area contributed by atoms with Crippen molar-refractivity contribution in [2.24, 2.45) is 11.3 Å². The molecule has 0 saturated carbocycles. The Morgan fingerprint density at radius 3 is 2.73 bits per heavy atom. The number of para-hydroxylation sites is 1. The lowest BCUT2D eigenvalue weighted by Crippen LogP contribution is -2.12. The predicted molar refractivity (Wildman–Crippen MR) is 88.5 cm³/mol. The van der Waals surface area contributed by atoms with Crippen molar-refractivity contribution in [3.63, 3.8) is 0 Å². The van der Waals surface area contributed by atoms with Crippen molar-refractivity contribution in [2.45, 2.75) is 40.5 Å². The first kappa shape index (κ1) is 14.8. The van der Waals surface area contributed by atoms with E-state index in [0.717, 1.165) is 35.2 Å². The number of aromatic nitrogens is 3. The minimum absolute atomic E-state index is 0.319. The third-order valence-electron chi connectivity index (χ3n) is 3.77. The summed E-state index contributed by atoms with van der Waals surface area (Å²) < 4.78 is 5.88. The second-order valence-corrected chi connectivity index (χ2v) is 7.32. The molecule has 3 aromatic rings. The number of nitrogens with one attached hydrogen (secondary N) is 1. The van der Waals surface area contributed by atoms with Crippen molar-refractivity contribution in [3.8, 4) is 11.5 Å². The highest BCUT2D eigenvalue weighted by Crippen LogP contribution is 2.29. The van der Waals surface area contributed by atoms with Crippen LogP contribution < -0.4 is 0 Å². The molecule has 4 heteroatoms. The highest BCUT2D eigenvalue weighted by molar-refractivity contribution is 5.93. The van der Waals surface area contributed by atoms with E-state index in [2.05, 4.69) is 48.9 Å². The van der Waals surface area contributed by atoms with Gasteiger partial charge in [0.05, 0.1) is 5.56 Å². The predicted octanol–water partition coefficient (Wildman–Crippen LogP) is 4.83. The molecule has 22 heavy (non-hydrogen) atoms. The monoisotopic (exact) mass is 297 g/mol. The van der Waals surface area contributed by atoms with Crippen molar-refractivity contribution >= 4 is 10.9 Å². The molecule has 4 nitrogen and oxygen atoms in total. The number of H-pyrrole nitrogens is 1. The van der Waals surface area contributed by atoms with Gasteiger partial charge in [0, 0.05) is 23.5 Å². The Morgan fingerprint density at radius 1 is 1.18 bits per heavy atom. The minimum Gasteiger partial charge on any atom is -0.421 e. The van der Waals surface area contributed by atoms with E-state index in [1.54, 1.807) is 0 Å². The van der Waals surface area contributed by atoms with Crippen LogP contribution in [0.3, 0.4) is 0 Å². The summed E-state index contributed by atoms with van der Waals surface area (Å²) >= 11 is 0. The fourth-order valence-electron chi connectivity index (χ4n) is 3.11. The van der Waals surface area contributed by atoms with E-state index in [9.17, 15) is 0 Å². The number of aromatic amines is 1. The van der Waals surface area contributed by atoms with E-state index in [1.165, 1.54) is 0 Å². The second-order valence-electron chi connectivity index (χ2n) is 7.32. The average molecular weight is 297 g/mol. The van der Waals surface area contributed by atoms with Gasteiger partial charge in [-0.1, -0.05) is 45.9 Å². The maximum Gasteiger partial charge on any atom is 0.249 e. The van der Waals surface area contributed by atoms with Gasteiger partial charge in [-0.25, -0.2) is 0 Å². The molecule has 0 spiro atoms. The molecule has 2 aromatic heterocycles. The summed E-state index contributed by atoms with van der Waals surface area (Å²) in [7, 11) is 0. The van der Waals surface area contributed by atoms with Crippen LogP contribution in [0.2, 0.25) is 0 Å². The number of hydrogen-bond donors (Lipinski definition) is 1. The lowest BCUT2D eigenvalue weighted by molar-refractivity contribution is 0.294. The molecule has 0 amide bonds. The van der Waals surface area contributed by atoms with Crippen LogP contribution in [0.4, 0.5) is 0 Å². The zero-order valence-electron chi connectivity index (χ0n) is 13.7. The first-order valence-electron chi connectivity index (χ1n) is 7.81. The van der Waals surface area contributed by atoms with Gasteiger partial charge in [0.15, 0.2) is 0 Å². The Hall–Kier alpha value is -2.10. The van der Waals surface area contributed by atoms with Gasteiger partial charge in [0.1, 0.15) is 0 Å². The van der Waals surface area contributed by atoms with Crippen LogP contribution in [0.5, 0.6) is 0 Å². The van der Waals surface area contributed by atoms with Gasteiger partial charge in [0.25, 0.3) is 0 Å². The van der Waals surface area contributed by atoms with Crippen molar-refractivity contribution < 1.29 is 4.42 Å². The maximum absolute atomic E-state index is 5.88. The molecule has 1 aromatic carbocycles. The molecule has 0 aliphatic carbocycles. The van der Waals surface area contributed by atoms with Gasteiger partial charge >= 0.3 is 0 Å². The van der Waals surface area contributed by atoms with E-state index in [1.807, 2.05) is 24.4 Å². The molecule has 2 heterocycles. The Labute approximate surface area is 131 Å². The standard InChI is InChI=1S/C18H23N3O/c1-12(10-18(2,3)4)9-16-20-21-17(22-16)14-11-19-15-8-6-5-7-13(14)15/h5-8,11-12,19H,9-10H2,1-4H3. The first-order chi connectivity index (χ1) is 10.4. The Bertz CT molecular complexity index is 764. The zero-order valence-corrected chi connectivity index (χ0v) is 13.7. The Balaban J connectivity index is 1.79. The molecular formula is C18H23N3O. The first-order valence-corrected chi connectivity index (χ1v) is 7.81. The highest BCUT2D eigenvalue weighted by Gasteiger charge is 2.19. The summed E-state index contributed by atoms with van der Waals surface area (Å²) in [5.41, 5.74) is 2.37. The summed E-state index contributed by atoms with van der Waals surface area (Å²) in [5.74, 6) is 1.84. The summed E-state index contributed by atoms with van der Waals surface area (Å²) in [4.78, 5) is 3.24. The van der Waals surface area contributed by atoms with Crippen LogP contribution in [-0.2, 0) is 6.42 Å². The van der Waals surface area contributed by atoms with Gasteiger partial charge in [-0.2, -0.15) is 0 Å². The number of nitrogens with zero attached hydrogens (tertiary/aromatic N) is 2. The average Bonchev–Trinajstić information content (AvgIpc) is 3.02. The minimum atomic E-state index is 0.319. The molecule has 0 bridgehead atoms. The normalized spacial score (nSPS) is 13.6. The SMILES string of the molecule is CC(Cc1nnc(-c2c[nH]c3ccccc23)o1)CC(C)(C)C. The molecule has 116 valence electrons. The van der Waals surface area contributed by atoms with E-state index in [4.69, 9.17) is 4.42 Å². The number of hydrogen-bond acceptors (Lipinski definition) is 3. The molecule has 3 rings (SSSR count). The van der Waals surface area contributed by atoms with E-state index in [-0.39, 0.29) is 0 Å². The van der Waals surface area contributed by atoms with Crippen LogP contribution in [0.25, 0.3) is 22.4 Å². The number of benzene rings is 1. The highest BCUT2D eigenvalue weighted by atomic mass is 16.4. The second kappa shape index (κ2) is 5.59. The van der Waals surface area contributed by atoms with E-state index in [0.29, 0.717) is 17.2 Å². The molecule has 1 atom stereocenters. The summed E-state index contributed by atoms with van der Waals surface area (Å²) in [6.45, 7) is 9.01. The molecule has 0 aliphatic rings. The summed E-state index contributed by atoms with van der Waals surface area (Å²) in [5, 5.41) is 9.55. The Kier molecular flexibility index (Phi) is 3.77. The zero-order chi connectivity index (χ0) is 15.7. The van der Waals surface area contributed by atoms with Gasteiger partial charge in [-0.3, -0.25) is 0 Å². The lowest BCUT2D eigenvalue weighted by Gasteiger charge is -2.22. The van der Waals surface area contributed by atoms with E-state index >= 15 is 0 Å². The molecule has 0 aliphatic heterocycles.